The summed E-state index contributed by atoms with van der Waals surface area (Å²) in [5.74, 6) is -1.03. The first-order valence-electron chi connectivity index (χ1n) is 7.26. The molecule has 0 radical (unpaired) electrons. The normalized spacial score (nSPS) is 12.5. The molecule has 2 aromatic rings. The molecule has 2 aromatic carbocycles. The lowest BCUT2D eigenvalue weighted by molar-refractivity contribution is 0.509. The fraction of sp³-hybridized carbons (Fsp3) is 0.333. The molecule has 21 heavy (non-hydrogen) atoms. The fourth-order valence-electron chi connectivity index (χ4n) is 2.33. The highest BCUT2D eigenvalue weighted by atomic mass is 19.2. The van der Waals surface area contributed by atoms with E-state index in [2.05, 4.69) is 43.4 Å². The third-order valence-electron chi connectivity index (χ3n) is 3.43. The summed E-state index contributed by atoms with van der Waals surface area (Å²) in [4.78, 5) is 0. The van der Waals surface area contributed by atoms with Crippen LogP contribution in [0, 0.1) is 17.6 Å². The quantitative estimate of drug-likeness (QED) is 0.783. The van der Waals surface area contributed by atoms with Gasteiger partial charge < -0.3 is 5.32 Å². The third kappa shape index (κ3) is 4.28. The predicted octanol–water partition coefficient (Wildman–Crippen LogP) is 5.34. The van der Waals surface area contributed by atoms with Crippen molar-refractivity contribution in [2.24, 2.45) is 5.92 Å². The Morgan fingerprint density at radius 2 is 1.57 bits per heavy atom. The SMILES string of the molecule is CC(C)Cc1ccc(C(C)Nc2ccc(F)c(F)c2)cc1. The summed E-state index contributed by atoms with van der Waals surface area (Å²) in [5, 5.41) is 3.18. The number of anilines is 1. The van der Waals surface area contributed by atoms with Crippen LogP contribution in [0.1, 0.15) is 37.9 Å². The summed E-state index contributed by atoms with van der Waals surface area (Å²) in [6, 6.07) is 12.3. The second-order valence-electron chi connectivity index (χ2n) is 5.83. The summed E-state index contributed by atoms with van der Waals surface area (Å²) < 4.78 is 26.1. The van der Waals surface area contributed by atoms with Gasteiger partial charge in [0.2, 0.25) is 0 Å². The Morgan fingerprint density at radius 1 is 0.905 bits per heavy atom. The molecule has 112 valence electrons. The van der Waals surface area contributed by atoms with Gasteiger partial charge in [-0.15, -0.1) is 0 Å². The molecule has 0 heterocycles. The zero-order valence-electron chi connectivity index (χ0n) is 12.7. The number of hydrogen-bond donors (Lipinski definition) is 1. The zero-order chi connectivity index (χ0) is 15.4. The Balaban J connectivity index is 2.05. The van der Waals surface area contributed by atoms with E-state index in [9.17, 15) is 8.78 Å². The monoisotopic (exact) mass is 289 g/mol. The van der Waals surface area contributed by atoms with Crippen LogP contribution in [-0.4, -0.2) is 0 Å². The largest absolute Gasteiger partial charge is 0.378 e. The molecule has 3 heteroatoms. The molecule has 1 atom stereocenters. The van der Waals surface area contributed by atoms with Crippen LogP contribution in [-0.2, 0) is 6.42 Å². The Kier molecular flexibility index (Phi) is 4.94. The van der Waals surface area contributed by atoms with E-state index in [1.807, 2.05) is 6.92 Å². The van der Waals surface area contributed by atoms with Crippen molar-refractivity contribution in [2.45, 2.75) is 33.2 Å². The molecule has 0 aromatic heterocycles. The summed E-state index contributed by atoms with van der Waals surface area (Å²) in [6.45, 7) is 6.39. The standard InChI is InChI=1S/C18H21F2N/c1-12(2)10-14-4-6-15(7-5-14)13(3)21-16-8-9-17(19)18(20)11-16/h4-9,11-13,21H,10H2,1-3H3. The molecule has 2 rings (SSSR count). The van der Waals surface area contributed by atoms with Gasteiger partial charge in [0.25, 0.3) is 0 Å². The topological polar surface area (TPSA) is 12.0 Å². The second-order valence-corrected chi connectivity index (χ2v) is 5.83. The molecule has 0 saturated carbocycles. The molecule has 1 nitrogen and oxygen atoms in total. The molecule has 0 aliphatic rings. The molecular formula is C18H21F2N. The minimum absolute atomic E-state index is 0.0305. The average Bonchev–Trinajstić information content (AvgIpc) is 2.43. The first-order chi connectivity index (χ1) is 9.95. The van der Waals surface area contributed by atoms with Gasteiger partial charge in [-0.3, -0.25) is 0 Å². The van der Waals surface area contributed by atoms with E-state index >= 15 is 0 Å². The molecule has 0 aliphatic carbocycles. The smallest absolute Gasteiger partial charge is 0.160 e. The molecule has 0 bridgehead atoms. The second kappa shape index (κ2) is 6.70. The minimum Gasteiger partial charge on any atom is -0.378 e. The average molecular weight is 289 g/mol. The molecule has 0 saturated heterocycles. The predicted molar refractivity (Wildman–Crippen MR) is 83.4 cm³/mol. The Bertz CT molecular complexity index is 591. The van der Waals surface area contributed by atoms with Crippen molar-refractivity contribution in [1.82, 2.24) is 0 Å². The van der Waals surface area contributed by atoms with E-state index < -0.39 is 11.6 Å². The van der Waals surface area contributed by atoms with Gasteiger partial charge in [-0.1, -0.05) is 38.1 Å². The summed E-state index contributed by atoms with van der Waals surface area (Å²) >= 11 is 0. The molecular weight excluding hydrogens is 268 g/mol. The van der Waals surface area contributed by atoms with Gasteiger partial charge in [-0.2, -0.15) is 0 Å². The van der Waals surface area contributed by atoms with E-state index in [-0.39, 0.29) is 6.04 Å². The van der Waals surface area contributed by atoms with Crippen molar-refractivity contribution in [2.75, 3.05) is 5.32 Å². The highest BCUT2D eigenvalue weighted by Gasteiger charge is 2.08. The van der Waals surface area contributed by atoms with Gasteiger partial charge >= 0.3 is 0 Å². The number of halogens is 2. The maximum atomic E-state index is 13.2. The summed E-state index contributed by atoms with van der Waals surface area (Å²) in [6.07, 6.45) is 1.06. The van der Waals surface area contributed by atoms with Gasteiger partial charge in [-0.05, 0) is 42.5 Å². The van der Waals surface area contributed by atoms with Crippen LogP contribution in [0.5, 0.6) is 0 Å². The fourth-order valence-corrected chi connectivity index (χ4v) is 2.33. The van der Waals surface area contributed by atoms with Crippen molar-refractivity contribution < 1.29 is 8.78 Å². The van der Waals surface area contributed by atoms with E-state index in [0.717, 1.165) is 18.1 Å². The Morgan fingerprint density at radius 3 is 2.14 bits per heavy atom. The number of benzene rings is 2. The molecule has 1 unspecified atom stereocenters. The molecule has 0 spiro atoms. The van der Waals surface area contributed by atoms with Crippen LogP contribution < -0.4 is 5.32 Å². The van der Waals surface area contributed by atoms with Crippen molar-refractivity contribution in [1.29, 1.82) is 0 Å². The lowest BCUT2D eigenvalue weighted by Gasteiger charge is -2.16. The van der Waals surface area contributed by atoms with Crippen LogP contribution in [0.2, 0.25) is 0 Å². The Labute approximate surface area is 125 Å². The highest BCUT2D eigenvalue weighted by molar-refractivity contribution is 5.46. The van der Waals surface area contributed by atoms with Gasteiger partial charge in [0.15, 0.2) is 11.6 Å². The van der Waals surface area contributed by atoms with Crippen molar-refractivity contribution in [3.8, 4) is 0 Å². The van der Waals surface area contributed by atoms with Gasteiger partial charge in [0.05, 0.1) is 0 Å². The minimum atomic E-state index is -0.834. The Hall–Kier alpha value is -1.90. The van der Waals surface area contributed by atoms with Crippen molar-refractivity contribution in [3.63, 3.8) is 0 Å². The lowest BCUT2D eigenvalue weighted by atomic mass is 10.00. The first kappa shape index (κ1) is 15.5. The van der Waals surface area contributed by atoms with Crippen LogP contribution in [0.25, 0.3) is 0 Å². The van der Waals surface area contributed by atoms with Crippen LogP contribution in [0.3, 0.4) is 0 Å². The highest BCUT2D eigenvalue weighted by Crippen LogP contribution is 2.21. The molecule has 0 aliphatic heterocycles. The van der Waals surface area contributed by atoms with E-state index in [4.69, 9.17) is 0 Å². The van der Waals surface area contributed by atoms with E-state index in [1.54, 1.807) is 6.07 Å². The van der Waals surface area contributed by atoms with Gasteiger partial charge in [0, 0.05) is 17.8 Å². The maximum Gasteiger partial charge on any atom is 0.160 e. The van der Waals surface area contributed by atoms with Gasteiger partial charge in [-0.25, -0.2) is 8.78 Å². The number of hydrogen-bond acceptors (Lipinski definition) is 1. The number of nitrogens with one attached hydrogen (secondary N) is 1. The van der Waals surface area contributed by atoms with Crippen LogP contribution in [0.15, 0.2) is 42.5 Å². The number of rotatable bonds is 5. The van der Waals surface area contributed by atoms with Gasteiger partial charge in [0.1, 0.15) is 0 Å². The van der Waals surface area contributed by atoms with Crippen LogP contribution >= 0.6 is 0 Å². The van der Waals surface area contributed by atoms with E-state index in [1.165, 1.54) is 11.6 Å². The molecule has 1 N–H and O–H groups in total. The summed E-state index contributed by atoms with van der Waals surface area (Å²) in [7, 11) is 0. The van der Waals surface area contributed by atoms with Crippen molar-refractivity contribution >= 4 is 5.69 Å². The van der Waals surface area contributed by atoms with Crippen molar-refractivity contribution in [3.05, 3.63) is 65.2 Å². The first-order valence-corrected chi connectivity index (χ1v) is 7.26. The molecule has 0 amide bonds. The maximum absolute atomic E-state index is 13.2. The van der Waals surface area contributed by atoms with E-state index in [0.29, 0.717) is 11.6 Å². The molecule has 0 fully saturated rings. The third-order valence-corrected chi connectivity index (χ3v) is 3.43. The lowest BCUT2D eigenvalue weighted by Crippen LogP contribution is -2.07. The van der Waals surface area contributed by atoms with Crippen LogP contribution in [0.4, 0.5) is 14.5 Å². The summed E-state index contributed by atoms with van der Waals surface area (Å²) in [5.41, 5.74) is 3.01. The zero-order valence-corrected chi connectivity index (χ0v) is 12.7.